The summed E-state index contributed by atoms with van der Waals surface area (Å²) in [6.07, 6.45) is 4.75. The summed E-state index contributed by atoms with van der Waals surface area (Å²) in [5.74, 6) is 0.131. The molecule has 1 aliphatic rings. The van der Waals surface area contributed by atoms with Gasteiger partial charge in [0.25, 0.3) is 0 Å². The third kappa shape index (κ3) is 3.64. The topological polar surface area (TPSA) is 70.6 Å². The molecule has 6 nitrogen and oxygen atoms in total. The highest BCUT2D eigenvalue weighted by atomic mass is 32.2. The number of carbonyl (C=O) groups is 1. The van der Waals surface area contributed by atoms with Crippen LogP contribution in [0.2, 0.25) is 0 Å². The number of piperazine rings is 1. The molecule has 1 aliphatic heterocycles. The van der Waals surface area contributed by atoms with Gasteiger partial charge >= 0.3 is 0 Å². The standard InChI is InChI=1S/C15H23N3O3S/c1-3-5-13(2)15(19)17-8-10-18(11-9-17)22(20,21)14-6-4-7-16-12-14/h4,6-7,12-13H,3,5,8-11H2,1-2H3. The first-order valence-electron chi connectivity index (χ1n) is 7.65. The minimum atomic E-state index is -3.51. The van der Waals surface area contributed by atoms with E-state index in [1.807, 2.05) is 6.92 Å². The quantitative estimate of drug-likeness (QED) is 0.819. The van der Waals surface area contributed by atoms with E-state index in [9.17, 15) is 13.2 Å². The van der Waals surface area contributed by atoms with Gasteiger partial charge in [0.2, 0.25) is 15.9 Å². The van der Waals surface area contributed by atoms with Crippen molar-refractivity contribution in [2.75, 3.05) is 26.2 Å². The van der Waals surface area contributed by atoms with E-state index < -0.39 is 10.0 Å². The SMILES string of the molecule is CCCC(C)C(=O)N1CCN(S(=O)(=O)c2cccnc2)CC1. The van der Waals surface area contributed by atoms with Crippen molar-refractivity contribution in [2.45, 2.75) is 31.6 Å². The molecule has 122 valence electrons. The van der Waals surface area contributed by atoms with Crippen LogP contribution < -0.4 is 0 Å². The number of rotatable bonds is 5. The summed E-state index contributed by atoms with van der Waals surface area (Å²) in [7, 11) is -3.51. The number of pyridine rings is 1. The lowest BCUT2D eigenvalue weighted by Gasteiger charge is -2.35. The summed E-state index contributed by atoms with van der Waals surface area (Å²) in [5.41, 5.74) is 0. The Morgan fingerprint density at radius 1 is 1.32 bits per heavy atom. The summed E-state index contributed by atoms with van der Waals surface area (Å²) >= 11 is 0. The van der Waals surface area contributed by atoms with Gasteiger partial charge in [-0.3, -0.25) is 9.78 Å². The summed E-state index contributed by atoms with van der Waals surface area (Å²) in [5, 5.41) is 0. The molecule has 2 rings (SSSR count). The highest BCUT2D eigenvalue weighted by Crippen LogP contribution is 2.18. The maximum absolute atomic E-state index is 12.5. The summed E-state index contributed by atoms with van der Waals surface area (Å²) < 4.78 is 26.4. The van der Waals surface area contributed by atoms with E-state index in [4.69, 9.17) is 0 Å². The Balaban J connectivity index is 1.99. The Morgan fingerprint density at radius 2 is 2.00 bits per heavy atom. The van der Waals surface area contributed by atoms with E-state index in [-0.39, 0.29) is 16.7 Å². The molecule has 0 aromatic carbocycles. The molecule has 0 N–H and O–H groups in total. The molecular formula is C15H23N3O3S. The highest BCUT2D eigenvalue weighted by Gasteiger charge is 2.31. The third-order valence-electron chi connectivity index (χ3n) is 3.97. The number of carbonyl (C=O) groups excluding carboxylic acids is 1. The van der Waals surface area contributed by atoms with Crippen molar-refractivity contribution in [3.05, 3.63) is 24.5 Å². The first kappa shape index (κ1) is 16.9. The average Bonchev–Trinajstić information content (AvgIpc) is 2.55. The summed E-state index contributed by atoms with van der Waals surface area (Å²) in [6.45, 7) is 5.56. The lowest BCUT2D eigenvalue weighted by Crippen LogP contribution is -2.51. The number of aromatic nitrogens is 1. The van der Waals surface area contributed by atoms with Crippen LogP contribution in [0.15, 0.2) is 29.4 Å². The van der Waals surface area contributed by atoms with Crippen LogP contribution in [0.25, 0.3) is 0 Å². The van der Waals surface area contributed by atoms with Crippen molar-refractivity contribution >= 4 is 15.9 Å². The van der Waals surface area contributed by atoms with Crippen LogP contribution in [-0.4, -0.2) is 54.7 Å². The molecule has 1 atom stereocenters. The van der Waals surface area contributed by atoms with Crippen LogP contribution in [0.1, 0.15) is 26.7 Å². The van der Waals surface area contributed by atoms with Gasteiger partial charge in [0, 0.05) is 44.5 Å². The minimum absolute atomic E-state index is 0.00600. The third-order valence-corrected chi connectivity index (χ3v) is 5.85. The molecule has 0 aliphatic carbocycles. The fraction of sp³-hybridized carbons (Fsp3) is 0.600. The molecule has 1 aromatic heterocycles. The van der Waals surface area contributed by atoms with Crippen LogP contribution in [0.4, 0.5) is 0 Å². The van der Waals surface area contributed by atoms with E-state index >= 15 is 0 Å². The van der Waals surface area contributed by atoms with Crippen LogP contribution in [-0.2, 0) is 14.8 Å². The lowest BCUT2D eigenvalue weighted by molar-refractivity contribution is -0.136. The summed E-state index contributed by atoms with van der Waals surface area (Å²) in [6, 6.07) is 3.16. The highest BCUT2D eigenvalue weighted by molar-refractivity contribution is 7.89. The molecule has 0 spiro atoms. The van der Waals surface area contributed by atoms with Crippen molar-refractivity contribution in [3.63, 3.8) is 0 Å². The summed E-state index contributed by atoms with van der Waals surface area (Å²) in [4.78, 5) is 18.1. The van der Waals surface area contributed by atoms with Crippen molar-refractivity contribution in [1.29, 1.82) is 0 Å². The molecule has 1 saturated heterocycles. The number of nitrogens with zero attached hydrogens (tertiary/aromatic N) is 3. The fourth-order valence-electron chi connectivity index (χ4n) is 2.67. The largest absolute Gasteiger partial charge is 0.340 e. The van der Waals surface area contributed by atoms with Crippen LogP contribution >= 0.6 is 0 Å². The Kier molecular flexibility index (Phi) is 5.52. The number of sulfonamides is 1. The van der Waals surface area contributed by atoms with Gasteiger partial charge in [-0.1, -0.05) is 20.3 Å². The lowest BCUT2D eigenvalue weighted by atomic mass is 10.0. The van der Waals surface area contributed by atoms with Gasteiger partial charge < -0.3 is 4.90 Å². The second kappa shape index (κ2) is 7.19. The van der Waals surface area contributed by atoms with E-state index in [1.54, 1.807) is 23.2 Å². The van der Waals surface area contributed by atoms with Crippen LogP contribution in [0, 0.1) is 5.92 Å². The minimum Gasteiger partial charge on any atom is -0.340 e. The van der Waals surface area contributed by atoms with Crippen molar-refractivity contribution in [2.24, 2.45) is 5.92 Å². The molecule has 1 unspecified atom stereocenters. The molecule has 0 radical (unpaired) electrons. The first-order valence-corrected chi connectivity index (χ1v) is 9.09. The molecule has 22 heavy (non-hydrogen) atoms. The number of amides is 1. The molecule has 1 aromatic rings. The molecule has 2 heterocycles. The Bertz CT molecular complexity index is 596. The van der Waals surface area contributed by atoms with Gasteiger partial charge in [0.1, 0.15) is 4.90 Å². The molecule has 0 saturated carbocycles. The zero-order valence-electron chi connectivity index (χ0n) is 13.1. The van der Waals surface area contributed by atoms with E-state index in [0.29, 0.717) is 26.2 Å². The van der Waals surface area contributed by atoms with Crippen molar-refractivity contribution in [3.8, 4) is 0 Å². The van der Waals surface area contributed by atoms with E-state index in [2.05, 4.69) is 11.9 Å². The number of hydrogen-bond donors (Lipinski definition) is 0. The van der Waals surface area contributed by atoms with E-state index in [1.165, 1.54) is 10.5 Å². The number of hydrogen-bond acceptors (Lipinski definition) is 4. The monoisotopic (exact) mass is 325 g/mol. The second-order valence-corrected chi connectivity index (χ2v) is 7.55. The Morgan fingerprint density at radius 3 is 2.55 bits per heavy atom. The molecule has 1 amide bonds. The van der Waals surface area contributed by atoms with Gasteiger partial charge in [-0.25, -0.2) is 8.42 Å². The van der Waals surface area contributed by atoms with Gasteiger partial charge in [-0.15, -0.1) is 0 Å². The maximum Gasteiger partial charge on any atom is 0.244 e. The predicted octanol–water partition coefficient (Wildman–Crippen LogP) is 1.35. The van der Waals surface area contributed by atoms with Crippen LogP contribution in [0.5, 0.6) is 0 Å². The first-order chi connectivity index (χ1) is 10.5. The second-order valence-electron chi connectivity index (χ2n) is 5.61. The van der Waals surface area contributed by atoms with Gasteiger partial charge in [0.05, 0.1) is 0 Å². The van der Waals surface area contributed by atoms with Crippen molar-refractivity contribution in [1.82, 2.24) is 14.2 Å². The maximum atomic E-state index is 12.5. The normalized spacial score (nSPS) is 18.2. The molecule has 7 heteroatoms. The zero-order chi connectivity index (χ0) is 16.2. The van der Waals surface area contributed by atoms with Gasteiger partial charge in [-0.2, -0.15) is 4.31 Å². The molecule has 1 fully saturated rings. The van der Waals surface area contributed by atoms with Gasteiger partial charge in [-0.05, 0) is 18.6 Å². The van der Waals surface area contributed by atoms with Crippen molar-refractivity contribution < 1.29 is 13.2 Å². The Hall–Kier alpha value is -1.47. The zero-order valence-corrected chi connectivity index (χ0v) is 13.9. The van der Waals surface area contributed by atoms with E-state index in [0.717, 1.165) is 12.8 Å². The fourth-order valence-corrected chi connectivity index (χ4v) is 4.05. The van der Waals surface area contributed by atoms with Crippen LogP contribution in [0.3, 0.4) is 0 Å². The average molecular weight is 325 g/mol. The predicted molar refractivity (Wildman–Crippen MR) is 83.6 cm³/mol. The molecule has 0 bridgehead atoms. The molecular weight excluding hydrogens is 302 g/mol. The smallest absolute Gasteiger partial charge is 0.244 e. The Labute approximate surface area is 132 Å². The van der Waals surface area contributed by atoms with Gasteiger partial charge in [0.15, 0.2) is 0 Å².